The molecule has 0 spiro atoms. The Hall–Kier alpha value is -1.18. The van der Waals surface area contributed by atoms with Crippen LogP contribution < -0.4 is 0 Å². The van der Waals surface area contributed by atoms with E-state index in [1.165, 1.54) is 13.8 Å². The van der Waals surface area contributed by atoms with E-state index in [1.54, 1.807) is 0 Å². The third-order valence-corrected chi connectivity index (χ3v) is 1.22. The summed E-state index contributed by atoms with van der Waals surface area (Å²) in [5.74, 6) is -2.08. The molecule has 7 heteroatoms. The first kappa shape index (κ1) is 13.8. The lowest BCUT2D eigenvalue weighted by molar-refractivity contribution is -0.181. The normalized spacial score (nSPS) is 16.3. The van der Waals surface area contributed by atoms with Gasteiger partial charge in [0.15, 0.2) is 18.7 Å². The maximum absolute atomic E-state index is 10.9. The van der Waals surface area contributed by atoms with Crippen LogP contribution in [0.1, 0.15) is 20.3 Å². The summed E-state index contributed by atoms with van der Waals surface area (Å²) in [5.41, 5.74) is 0. The van der Waals surface area contributed by atoms with Gasteiger partial charge in [-0.3, -0.25) is 4.79 Å². The second-order valence-electron chi connectivity index (χ2n) is 2.85. The number of hydrogen-bond donors (Lipinski definition) is 3. The zero-order valence-corrected chi connectivity index (χ0v) is 8.41. The van der Waals surface area contributed by atoms with Gasteiger partial charge in [0.2, 0.25) is 0 Å². The molecule has 0 aliphatic carbocycles. The molecule has 0 rings (SSSR count). The Kier molecular flexibility index (Phi) is 5.83. The van der Waals surface area contributed by atoms with Crippen LogP contribution >= 0.6 is 0 Å². The number of carbonyl (C=O) groups is 2. The Labute approximate surface area is 86.2 Å². The first-order valence-electron chi connectivity index (χ1n) is 4.27. The van der Waals surface area contributed by atoms with Gasteiger partial charge in [0, 0.05) is 0 Å². The van der Waals surface area contributed by atoms with Crippen LogP contribution in [-0.2, 0) is 19.1 Å². The van der Waals surface area contributed by atoms with E-state index in [0.29, 0.717) is 0 Å². The molecule has 7 nitrogen and oxygen atoms in total. The van der Waals surface area contributed by atoms with Crippen LogP contribution in [-0.4, -0.2) is 45.9 Å². The Balaban J connectivity index is 3.96. The average Bonchev–Trinajstić information content (AvgIpc) is 2.00. The summed E-state index contributed by atoms with van der Waals surface area (Å²) in [5, 5.41) is 26.4. The Morgan fingerprint density at radius 1 is 1.07 bits per heavy atom. The van der Waals surface area contributed by atoms with E-state index in [1.807, 2.05) is 0 Å². The van der Waals surface area contributed by atoms with E-state index in [2.05, 4.69) is 9.47 Å². The second kappa shape index (κ2) is 6.33. The minimum absolute atomic E-state index is 0.642. The lowest BCUT2D eigenvalue weighted by atomic mass is 10.2. The quantitative estimate of drug-likeness (QED) is 0.383. The molecule has 0 saturated heterocycles. The minimum Gasteiger partial charge on any atom is -0.436 e. The number of esters is 2. The van der Waals surface area contributed by atoms with Crippen molar-refractivity contribution in [2.24, 2.45) is 0 Å². The van der Waals surface area contributed by atoms with E-state index in [-0.39, 0.29) is 0 Å². The van der Waals surface area contributed by atoms with E-state index in [4.69, 9.17) is 15.3 Å². The Morgan fingerprint density at radius 3 is 1.93 bits per heavy atom. The summed E-state index contributed by atoms with van der Waals surface area (Å²) in [6, 6.07) is 0. The highest BCUT2D eigenvalue weighted by Crippen LogP contribution is 2.00. The van der Waals surface area contributed by atoms with Crippen LogP contribution in [0.25, 0.3) is 0 Å². The molecule has 0 aromatic heterocycles. The first-order valence-corrected chi connectivity index (χ1v) is 4.27. The van der Waals surface area contributed by atoms with Crippen LogP contribution in [0.4, 0.5) is 0 Å². The zero-order chi connectivity index (χ0) is 12.0. The molecule has 0 fully saturated rings. The van der Waals surface area contributed by atoms with Crippen LogP contribution in [0.3, 0.4) is 0 Å². The Morgan fingerprint density at radius 2 is 1.53 bits per heavy atom. The van der Waals surface area contributed by atoms with Crippen LogP contribution in [0.15, 0.2) is 0 Å². The highest BCUT2D eigenvalue weighted by Gasteiger charge is 2.23. The SMILES string of the molecule is CC(O)OC(=O)CC(O)C(=O)OC(C)O. The number of rotatable bonds is 5. The standard InChI is InChI=1S/C8H14O7/c1-4(9)14-7(12)3-6(11)8(13)15-5(2)10/h4-6,9-11H,3H2,1-2H3. The fourth-order valence-electron chi connectivity index (χ4n) is 0.726. The summed E-state index contributed by atoms with van der Waals surface area (Å²) < 4.78 is 8.48. The van der Waals surface area contributed by atoms with E-state index >= 15 is 0 Å². The van der Waals surface area contributed by atoms with Gasteiger partial charge in [-0.2, -0.15) is 0 Å². The fourth-order valence-corrected chi connectivity index (χ4v) is 0.726. The van der Waals surface area contributed by atoms with Gasteiger partial charge in [0.05, 0.1) is 6.42 Å². The van der Waals surface area contributed by atoms with Crippen molar-refractivity contribution in [3.05, 3.63) is 0 Å². The topological polar surface area (TPSA) is 113 Å². The number of aliphatic hydroxyl groups excluding tert-OH is 3. The predicted octanol–water partition coefficient (Wildman–Crippen LogP) is -1.50. The Bertz CT molecular complexity index is 223. The molecular weight excluding hydrogens is 208 g/mol. The molecule has 3 unspecified atom stereocenters. The van der Waals surface area contributed by atoms with Gasteiger partial charge >= 0.3 is 11.9 Å². The smallest absolute Gasteiger partial charge is 0.337 e. The van der Waals surface area contributed by atoms with Crippen molar-refractivity contribution in [3.63, 3.8) is 0 Å². The number of aliphatic hydroxyl groups is 3. The van der Waals surface area contributed by atoms with E-state index in [9.17, 15) is 9.59 Å². The van der Waals surface area contributed by atoms with Crippen molar-refractivity contribution in [2.75, 3.05) is 0 Å². The molecule has 0 aromatic carbocycles. The summed E-state index contributed by atoms with van der Waals surface area (Å²) in [6.07, 6.45) is -5.03. The van der Waals surface area contributed by atoms with Crippen molar-refractivity contribution in [1.29, 1.82) is 0 Å². The maximum Gasteiger partial charge on any atom is 0.337 e. The fraction of sp³-hybridized carbons (Fsp3) is 0.750. The summed E-state index contributed by atoms with van der Waals surface area (Å²) in [6.45, 7) is 2.39. The van der Waals surface area contributed by atoms with Crippen LogP contribution in [0.2, 0.25) is 0 Å². The molecule has 88 valence electrons. The van der Waals surface area contributed by atoms with Gasteiger partial charge in [0.25, 0.3) is 0 Å². The summed E-state index contributed by atoms with van der Waals surface area (Å²) in [4.78, 5) is 21.7. The predicted molar refractivity (Wildman–Crippen MR) is 46.2 cm³/mol. The third kappa shape index (κ3) is 6.83. The molecule has 3 N–H and O–H groups in total. The molecule has 0 aromatic rings. The van der Waals surface area contributed by atoms with E-state index in [0.717, 1.165) is 0 Å². The molecular formula is C8H14O7. The van der Waals surface area contributed by atoms with Crippen molar-refractivity contribution < 1.29 is 34.4 Å². The molecule has 0 radical (unpaired) electrons. The molecule has 0 amide bonds. The largest absolute Gasteiger partial charge is 0.436 e. The van der Waals surface area contributed by atoms with Gasteiger partial charge in [-0.1, -0.05) is 0 Å². The summed E-state index contributed by atoms with van der Waals surface area (Å²) in [7, 11) is 0. The molecule has 0 bridgehead atoms. The van der Waals surface area contributed by atoms with Gasteiger partial charge in [-0.05, 0) is 13.8 Å². The second-order valence-corrected chi connectivity index (χ2v) is 2.85. The summed E-state index contributed by atoms with van der Waals surface area (Å²) >= 11 is 0. The van der Waals surface area contributed by atoms with Crippen molar-refractivity contribution >= 4 is 11.9 Å². The number of hydrogen-bond acceptors (Lipinski definition) is 7. The van der Waals surface area contributed by atoms with Crippen molar-refractivity contribution in [2.45, 2.75) is 39.0 Å². The van der Waals surface area contributed by atoms with Crippen molar-refractivity contribution in [3.8, 4) is 0 Å². The molecule has 0 saturated carbocycles. The number of ether oxygens (including phenoxy) is 2. The van der Waals surface area contributed by atoms with Gasteiger partial charge in [0.1, 0.15) is 0 Å². The van der Waals surface area contributed by atoms with Gasteiger partial charge in [-0.25, -0.2) is 4.79 Å². The van der Waals surface area contributed by atoms with Gasteiger partial charge < -0.3 is 24.8 Å². The molecule has 0 aliphatic heterocycles. The van der Waals surface area contributed by atoms with Crippen LogP contribution in [0.5, 0.6) is 0 Å². The average molecular weight is 222 g/mol. The minimum atomic E-state index is -1.72. The lowest BCUT2D eigenvalue weighted by Crippen LogP contribution is -2.30. The highest BCUT2D eigenvalue weighted by molar-refractivity contribution is 5.81. The molecule has 15 heavy (non-hydrogen) atoms. The van der Waals surface area contributed by atoms with Crippen molar-refractivity contribution in [1.82, 2.24) is 0 Å². The first-order chi connectivity index (χ1) is 6.82. The van der Waals surface area contributed by atoms with E-state index < -0.39 is 37.0 Å². The lowest BCUT2D eigenvalue weighted by Gasteiger charge is -2.12. The molecule has 0 heterocycles. The number of carbonyl (C=O) groups excluding carboxylic acids is 2. The van der Waals surface area contributed by atoms with Gasteiger partial charge in [-0.15, -0.1) is 0 Å². The monoisotopic (exact) mass is 222 g/mol. The maximum atomic E-state index is 10.9. The molecule has 0 aliphatic rings. The third-order valence-electron chi connectivity index (χ3n) is 1.22. The highest BCUT2D eigenvalue weighted by atomic mass is 16.6. The van der Waals surface area contributed by atoms with Crippen LogP contribution in [0, 0.1) is 0 Å². The molecule has 3 atom stereocenters. The zero-order valence-electron chi connectivity index (χ0n) is 8.41.